The van der Waals surface area contributed by atoms with E-state index in [1.54, 1.807) is 30.3 Å². The van der Waals surface area contributed by atoms with Gasteiger partial charge in [-0.1, -0.05) is 18.2 Å². The average Bonchev–Trinajstić information content (AvgIpc) is 2.56. The largest absolute Gasteiger partial charge is 0.457 e. The maximum Gasteiger partial charge on any atom is 0.312 e. The molecular formula is C16H14N4O4. The zero-order valence-corrected chi connectivity index (χ0v) is 12.8. The van der Waals surface area contributed by atoms with Crippen LogP contribution >= 0.6 is 0 Å². The van der Waals surface area contributed by atoms with Crippen molar-refractivity contribution in [3.63, 3.8) is 0 Å². The van der Waals surface area contributed by atoms with Crippen molar-refractivity contribution in [3.05, 3.63) is 51.6 Å². The van der Waals surface area contributed by atoms with Crippen LogP contribution in [0.4, 0.5) is 0 Å². The molecule has 0 saturated heterocycles. The summed E-state index contributed by atoms with van der Waals surface area (Å²) in [5, 5.41) is 15.9. The number of aromatic nitrogens is 2. The number of nitriles is 1. The van der Waals surface area contributed by atoms with Crippen LogP contribution in [0, 0.1) is 11.3 Å². The van der Waals surface area contributed by atoms with Gasteiger partial charge < -0.3 is 10.5 Å². The van der Waals surface area contributed by atoms with E-state index < -0.39 is 18.4 Å². The van der Waals surface area contributed by atoms with Gasteiger partial charge in [-0.15, -0.1) is 0 Å². The molecule has 0 aliphatic heterocycles. The summed E-state index contributed by atoms with van der Waals surface area (Å²) < 4.78 is 4.86. The molecule has 0 fully saturated rings. The predicted molar refractivity (Wildman–Crippen MR) is 84.5 cm³/mol. The van der Waals surface area contributed by atoms with E-state index in [4.69, 9.17) is 15.7 Å². The number of ether oxygens (including phenoxy) is 1. The Kier molecular flexibility index (Phi) is 5.06. The second kappa shape index (κ2) is 7.19. The Morgan fingerprint density at radius 1 is 1.33 bits per heavy atom. The number of carbonyl (C=O) groups excluding carboxylic acids is 2. The third-order valence-electron chi connectivity index (χ3n) is 3.24. The maximum absolute atomic E-state index is 11.9. The van der Waals surface area contributed by atoms with Crippen LogP contribution in [0.25, 0.3) is 10.8 Å². The molecule has 2 aromatic rings. The number of Topliss-reactive ketones (excluding diaryl/α,β-unsaturated/α-hetero) is 1. The van der Waals surface area contributed by atoms with Gasteiger partial charge in [0.2, 0.25) is 5.78 Å². The fourth-order valence-electron chi connectivity index (χ4n) is 2.08. The first kappa shape index (κ1) is 16.9. The van der Waals surface area contributed by atoms with Crippen molar-refractivity contribution in [1.29, 1.82) is 5.26 Å². The molecule has 0 aliphatic rings. The molecule has 2 rings (SSSR count). The number of nitrogens with one attached hydrogen (secondary N) is 1. The molecule has 8 heteroatoms. The SMILES string of the molecule is C/C(N)=C(/C#N)C(=O)COC(=O)Cc1n[nH]c(=O)c2ccccc12. The summed E-state index contributed by atoms with van der Waals surface area (Å²) in [5.74, 6) is -1.38. The molecule has 0 atom stereocenters. The highest BCUT2D eigenvalue weighted by Crippen LogP contribution is 2.13. The fraction of sp³-hybridized carbons (Fsp3) is 0.188. The summed E-state index contributed by atoms with van der Waals surface area (Å²) in [6.45, 7) is 0.826. The normalized spacial score (nSPS) is 11.5. The van der Waals surface area contributed by atoms with Crippen LogP contribution in [0.5, 0.6) is 0 Å². The Hall–Kier alpha value is -3.47. The van der Waals surface area contributed by atoms with Crippen LogP contribution in [-0.4, -0.2) is 28.6 Å². The van der Waals surface area contributed by atoms with Gasteiger partial charge in [0.25, 0.3) is 5.56 Å². The summed E-state index contributed by atoms with van der Waals surface area (Å²) in [4.78, 5) is 35.3. The maximum atomic E-state index is 11.9. The van der Waals surface area contributed by atoms with Crippen LogP contribution in [0.1, 0.15) is 12.6 Å². The molecule has 3 N–H and O–H groups in total. The summed E-state index contributed by atoms with van der Waals surface area (Å²) in [6, 6.07) is 8.36. The summed E-state index contributed by atoms with van der Waals surface area (Å²) in [7, 11) is 0. The minimum Gasteiger partial charge on any atom is -0.457 e. The molecule has 0 aliphatic carbocycles. The van der Waals surface area contributed by atoms with Crippen molar-refractivity contribution in [3.8, 4) is 6.07 Å². The number of allylic oxidation sites excluding steroid dienone is 1. The third-order valence-corrected chi connectivity index (χ3v) is 3.24. The van der Waals surface area contributed by atoms with E-state index in [1.165, 1.54) is 6.92 Å². The highest BCUT2D eigenvalue weighted by atomic mass is 16.5. The number of nitrogens with zero attached hydrogens (tertiary/aromatic N) is 2. The highest BCUT2D eigenvalue weighted by Gasteiger charge is 2.16. The lowest BCUT2D eigenvalue weighted by molar-refractivity contribution is -0.146. The Bertz CT molecular complexity index is 933. The van der Waals surface area contributed by atoms with Crippen LogP contribution in [0.2, 0.25) is 0 Å². The van der Waals surface area contributed by atoms with Crippen LogP contribution in [0.3, 0.4) is 0 Å². The molecular weight excluding hydrogens is 312 g/mol. The second-order valence-corrected chi connectivity index (χ2v) is 4.98. The van der Waals surface area contributed by atoms with E-state index >= 15 is 0 Å². The highest BCUT2D eigenvalue weighted by molar-refractivity contribution is 6.01. The number of nitrogens with two attached hydrogens (primary N) is 1. The lowest BCUT2D eigenvalue weighted by Gasteiger charge is -2.06. The first-order valence-electron chi connectivity index (χ1n) is 6.95. The molecule has 1 heterocycles. The van der Waals surface area contributed by atoms with E-state index in [0.717, 1.165) is 0 Å². The van der Waals surface area contributed by atoms with E-state index in [2.05, 4.69) is 10.2 Å². The minimum atomic E-state index is -0.708. The van der Waals surface area contributed by atoms with Crippen molar-refractivity contribution in [1.82, 2.24) is 10.2 Å². The first-order chi connectivity index (χ1) is 11.4. The van der Waals surface area contributed by atoms with Crippen molar-refractivity contribution in [2.24, 2.45) is 5.73 Å². The van der Waals surface area contributed by atoms with Crippen molar-refractivity contribution < 1.29 is 14.3 Å². The molecule has 0 unspecified atom stereocenters. The van der Waals surface area contributed by atoms with Gasteiger partial charge in [-0.3, -0.25) is 14.4 Å². The van der Waals surface area contributed by atoms with E-state index in [9.17, 15) is 14.4 Å². The van der Waals surface area contributed by atoms with Gasteiger partial charge in [0, 0.05) is 11.1 Å². The molecule has 0 amide bonds. The lowest BCUT2D eigenvalue weighted by atomic mass is 10.1. The van der Waals surface area contributed by atoms with Crippen LogP contribution < -0.4 is 11.3 Å². The average molecular weight is 326 g/mol. The number of fused-ring (bicyclic) bond motifs is 1. The summed E-state index contributed by atoms with van der Waals surface area (Å²) >= 11 is 0. The Labute approximate surface area is 136 Å². The standard InChI is InChI=1S/C16H14N4O4/c1-9(18)12(7-17)14(21)8-24-15(22)6-13-10-4-2-3-5-11(10)16(23)20-19-13/h2-5H,6,8,18H2,1H3,(H,20,23)/b12-9+. The molecule has 24 heavy (non-hydrogen) atoms. The van der Waals surface area contributed by atoms with Gasteiger partial charge in [0.1, 0.15) is 11.6 Å². The molecule has 1 aromatic heterocycles. The lowest BCUT2D eigenvalue weighted by Crippen LogP contribution is -2.20. The Morgan fingerprint density at radius 2 is 2.00 bits per heavy atom. The second-order valence-electron chi connectivity index (χ2n) is 4.98. The predicted octanol–water partition coefficient (Wildman–Crippen LogP) is 0.334. The Morgan fingerprint density at radius 3 is 2.62 bits per heavy atom. The molecule has 0 saturated carbocycles. The topological polar surface area (TPSA) is 139 Å². The van der Waals surface area contributed by atoms with Crippen molar-refractivity contribution in [2.45, 2.75) is 13.3 Å². The molecule has 122 valence electrons. The van der Waals surface area contributed by atoms with E-state index in [0.29, 0.717) is 16.5 Å². The molecule has 1 aromatic carbocycles. The fourth-order valence-corrected chi connectivity index (χ4v) is 2.08. The number of H-pyrrole nitrogens is 1. The number of ketones is 1. The number of rotatable bonds is 5. The minimum absolute atomic E-state index is 0.0619. The molecule has 8 nitrogen and oxygen atoms in total. The zero-order chi connectivity index (χ0) is 17.7. The summed E-state index contributed by atoms with van der Waals surface area (Å²) in [5.41, 5.74) is 5.19. The van der Waals surface area contributed by atoms with Gasteiger partial charge in [-0.2, -0.15) is 10.4 Å². The van der Waals surface area contributed by atoms with Crippen LogP contribution in [-0.2, 0) is 20.7 Å². The quantitative estimate of drug-likeness (QED) is 0.458. The Balaban J connectivity index is 2.11. The third kappa shape index (κ3) is 3.64. The van der Waals surface area contributed by atoms with Crippen molar-refractivity contribution in [2.75, 3.05) is 6.61 Å². The van der Waals surface area contributed by atoms with Crippen LogP contribution in [0.15, 0.2) is 40.3 Å². The number of hydrogen-bond acceptors (Lipinski definition) is 7. The smallest absolute Gasteiger partial charge is 0.312 e. The van der Waals surface area contributed by atoms with Gasteiger partial charge >= 0.3 is 5.97 Å². The van der Waals surface area contributed by atoms with Gasteiger partial charge in [0.05, 0.1) is 17.5 Å². The van der Waals surface area contributed by atoms with E-state index in [1.807, 2.05) is 0 Å². The molecule has 0 spiro atoms. The first-order valence-corrected chi connectivity index (χ1v) is 6.95. The van der Waals surface area contributed by atoms with E-state index in [-0.39, 0.29) is 23.3 Å². The summed E-state index contributed by atoms with van der Waals surface area (Å²) in [6.07, 6.45) is -0.224. The zero-order valence-electron chi connectivity index (χ0n) is 12.8. The van der Waals surface area contributed by atoms with Gasteiger partial charge in [-0.25, -0.2) is 5.10 Å². The number of esters is 1. The van der Waals surface area contributed by atoms with Crippen molar-refractivity contribution >= 4 is 22.5 Å². The van der Waals surface area contributed by atoms with Gasteiger partial charge in [0.15, 0.2) is 6.61 Å². The number of carbonyl (C=O) groups is 2. The van der Waals surface area contributed by atoms with Gasteiger partial charge in [-0.05, 0) is 13.0 Å². The number of benzene rings is 1. The molecule has 0 radical (unpaired) electrons. The monoisotopic (exact) mass is 326 g/mol. The molecule has 0 bridgehead atoms. The number of aromatic amines is 1. The number of hydrogen-bond donors (Lipinski definition) is 2.